The first-order chi connectivity index (χ1) is 18.0. The Hall–Kier alpha value is -2.38. The van der Waals surface area contributed by atoms with Gasteiger partial charge < -0.3 is 19.6 Å². The fourth-order valence-electron chi connectivity index (χ4n) is 9.60. The van der Waals surface area contributed by atoms with E-state index in [0.717, 1.165) is 11.1 Å². The molecule has 0 atom stereocenters. The molecule has 5 rings (SSSR count). The number of rotatable bonds is 12. The largest absolute Gasteiger partial charge is 0.343 e. The molecule has 0 aromatic rings. The van der Waals surface area contributed by atoms with Crippen LogP contribution in [0, 0.1) is 33.5 Å². The highest BCUT2D eigenvalue weighted by Crippen LogP contribution is 3.17. The molecule has 4 amide bonds. The van der Waals surface area contributed by atoms with Crippen LogP contribution in [0.2, 0.25) is 0 Å². The lowest BCUT2D eigenvalue weighted by Gasteiger charge is -2.50. The van der Waals surface area contributed by atoms with Crippen molar-refractivity contribution in [3.05, 3.63) is 11.1 Å². The van der Waals surface area contributed by atoms with Crippen molar-refractivity contribution in [3.8, 4) is 0 Å². The predicted molar refractivity (Wildman–Crippen MR) is 147 cm³/mol. The Morgan fingerprint density at radius 2 is 0.658 bits per heavy atom. The molecule has 0 spiro atoms. The van der Waals surface area contributed by atoms with Crippen molar-refractivity contribution in [2.75, 3.05) is 52.4 Å². The Kier molecular flexibility index (Phi) is 6.85. The second-order valence-electron chi connectivity index (χ2n) is 11.5. The summed E-state index contributed by atoms with van der Waals surface area (Å²) in [5, 5.41) is 0. The molecular formula is C30H48N4O4. The highest BCUT2D eigenvalue weighted by molar-refractivity contribution is 6.25. The van der Waals surface area contributed by atoms with Crippen LogP contribution in [0.4, 0.5) is 0 Å². The molecule has 8 nitrogen and oxygen atoms in total. The van der Waals surface area contributed by atoms with Gasteiger partial charge in [-0.05, 0) is 69.2 Å². The number of nitrogens with zero attached hydrogens (tertiary/aromatic N) is 4. The molecular weight excluding hydrogens is 480 g/mol. The first-order valence-corrected chi connectivity index (χ1v) is 14.9. The van der Waals surface area contributed by atoms with Gasteiger partial charge in [0.05, 0.1) is 21.7 Å². The smallest absolute Gasteiger partial charge is 0.231 e. The van der Waals surface area contributed by atoms with Crippen molar-refractivity contribution < 1.29 is 19.2 Å². The van der Waals surface area contributed by atoms with E-state index >= 15 is 0 Å². The molecule has 5 aliphatic rings. The van der Waals surface area contributed by atoms with Crippen molar-refractivity contribution >= 4 is 23.6 Å². The summed E-state index contributed by atoms with van der Waals surface area (Å²) in [5.41, 5.74) is -2.70. The van der Waals surface area contributed by atoms with Crippen molar-refractivity contribution in [2.45, 2.75) is 69.2 Å². The fourth-order valence-corrected chi connectivity index (χ4v) is 9.60. The van der Waals surface area contributed by atoms with Crippen LogP contribution in [0.25, 0.3) is 0 Å². The van der Waals surface area contributed by atoms with E-state index in [2.05, 4.69) is 0 Å². The van der Waals surface area contributed by atoms with Crippen molar-refractivity contribution in [2.24, 2.45) is 33.5 Å². The van der Waals surface area contributed by atoms with Crippen LogP contribution in [-0.2, 0) is 19.2 Å². The zero-order valence-corrected chi connectivity index (χ0v) is 25.2. The summed E-state index contributed by atoms with van der Waals surface area (Å²) in [7, 11) is 0. The van der Waals surface area contributed by atoms with E-state index < -0.39 is 33.5 Å². The van der Waals surface area contributed by atoms with E-state index in [9.17, 15) is 19.2 Å². The van der Waals surface area contributed by atoms with E-state index in [0.29, 0.717) is 52.4 Å². The standard InChI is InChI=1S/C30H48N4O4/c1-11-31(12-2)23(35)27-21-20(19(9)10)22-29(27,25(37)33(15-5)16-6)30(22,26(38)34(17-7)18-8)28(21,27)24(36)32(13-3)14-4/h21-22H,11-18H2,1-10H3. The summed E-state index contributed by atoms with van der Waals surface area (Å²) < 4.78 is 0. The molecule has 5 saturated carbocycles. The van der Waals surface area contributed by atoms with Gasteiger partial charge in [0.25, 0.3) is 0 Å². The van der Waals surface area contributed by atoms with Crippen LogP contribution in [0.15, 0.2) is 11.1 Å². The van der Waals surface area contributed by atoms with Gasteiger partial charge in [-0.2, -0.15) is 0 Å². The Morgan fingerprint density at radius 3 is 0.789 bits per heavy atom. The van der Waals surface area contributed by atoms with E-state index in [1.54, 1.807) is 19.6 Å². The van der Waals surface area contributed by atoms with Gasteiger partial charge in [0, 0.05) is 64.2 Å². The summed E-state index contributed by atoms with van der Waals surface area (Å²) >= 11 is 0. The number of carbonyl (C=O) groups excluding carboxylic acids is 4. The van der Waals surface area contributed by atoms with Gasteiger partial charge in [-0.3, -0.25) is 19.2 Å². The van der Waals surface area contributed by atoms with E-state index in [1.165, 1.54) is 0 Å². The van der Waals surface area contributed by atoms with Crippen LogP contribution in [0.3, 0.4) is 0 Å². The molecule has 0 radical (unpaired) electrons. The third-order valence-electron chi connectivity index (χ3n) is 10.8. The number of carbonyl (C=O) groups is 4. The maximum absolute atomic E-state index is 14.7. The molecule has 0 heterocycles. The molecule has 0 aromatic heterocycles. The molecule has 0 aromatic carbocycles. The molecule has 5 aliphatic carbocycles. The number of hydrogen-bond acceptors (Lipinski definition) is 4. The first kappa shape index (κ1) is 28.6. The van der Waals surface area contributed by atoms with Gasteiger partial charge >= 0.3 is 0 Å². The van der Waals surface area contributed by atoms with Crippen molar-refractivity contribution in [3.63, 3.8) is 0 Å². The fraction of sp³-hybridized carbons (Fsp3) is 0.800. The maximum atomic E-state index is 14.7. The molecule has 0 unspecified atom stereocenters. The lowest BCUT2D eigenvalue weighted by Crippen LogP contribution is -2.67. The average Bonchev–Trinajstić information content (AvgIpc) is 3.57. The Balaban J connectivity index is 2.11. The van der Waals surface area contributed by atoms with Gasteiger partial charge in [0.1, 0.15) is 0 Å². The van der Waals surface area contributed by atoms with Crippen molar-refractivity contribution in [1.29, 1.82) is 0 Å². The molecule has 2 bridgehead atoms. The maximum Gasteiger partial charge on any atom is 0.231 e. The topological polar surface area (TPSA) is 81.2 Å². The third-order valence-corrected chi connectivity index (χ3v) is 10.8. The van der Waals surface area contributed by atoms with Gasteiger partial charge in [0.15, 0.2) is 0 Å². The van der Waals surface area contributed by atoms with Crippen molar-refractivity contribution in [1.82, 2.24) is 19.6 Å². The quantitative estimate of drug-likeness (QED) is 0.365. The van der Waals surface area contributed by atoms with Gasteiger partial charge in [-0.25, -0.2) is 0 Å². The minimum atomic E-state index is -1.19. The van der Waals surface area contributed by atoms with Gasteiger partial charge in [-0.1, -0.05) is 11.1 Å². The second-order valence-corrected chi connectivity index (χ2v) is 11.5. The summed E-state index contributed by atoms with van der Waals surface area (Å²) in [5.74, 6) is -1.26. The first-order valence-electron chi connectivity index (χ1n) is 14.9. The van der Waals surface area contributed by atoms with Crippen LogP contribution < -0.4 is 0 Å². The molecule has 8 heteroatoms. The normalized spacial score (nSPS) is 34.6. The zero-order chi connectivity index (χ0) is 28.6. The molecule has 212 valence electrons. The van der Waals surface area contributed by atoms with E-state index in [-0.39, 0.29) is 23.6 Å². The lowest BCUT2D eigenvalue weighted by atomic mass is 9.54. The number of allylic oxidation sites excluding steroid dienone is 2. The van der Waals surface area contributed by atoms with Crippen LogP contribution in [0.1, 0.15) is 69.2 Å². The Bertz CT molecular complexity index is 916. The summed E-state index contributed by atoms with van der Waals surface area (Å²) in [4.78, 5) is 66.0. The molecule has 38 heavy (non-hydrogen) atoms. The van der Waals surface area contributed by atoms with Crippen LogP contribution >= 0.6 is 0 Å². The highest BCUT2D eigenvalue weighted by Gasteiger charge is 3.26. The second kappa shape index (κ2) is 9.09. The predicted octanol–water partition coefficient (Wildman–Crippen LogP) is 3.03. The molecule has 0 saturated heterocycles. The number of hydrogen-bond donors (Lipinski definition) is 0. The molecule has 0 aliphatic heterocycles. The Labute approximate surface area is 228 Å². The highest BCUT2D eigenvalue weighted by atomic mass is 16.2. The van der Waals surface area contributed by atoms with Crippen LogP contribution in [0.5, 0.6) is 0 Å². The number of amides is 4. The molecule has 0 N–H and O–H groups in total. The monoisotopic (exact) mass is 528 g/mol. The Morgan fingerprint density at radius 1 is 0.474 bits per heavy atom. The van der Waals surface area contributed by atoms with E-state index in [1.807, 2.05) is 69.2 Å². The minimum absolute atomic E-state index is 0.116. The van der Waals surface area contributed by atoms with Crippen LogP contribution in [-0.4, -0.2) is 95.6 Å². The van der Waals surface area contributed by atoms with Gasteiger partial charge in [0.2, 0.25) is 23.6 Å². The average molecular weight is 529 g/mol. The SMILES string of the molecule is CCN(CC)C(=O)C12C3C(=C(C)C)C4C1(C(=O)N(CC)CC)C4(C(=O)N(CC)CC)C32C(=O)N(CC)CC. The lowest BCUT2D eigenvalue weighted by molar-refractivity contribution is -0.182. The molecule has 5 fully saturated rings. The zero-order valence-electron chi connectivity index (χ0n) is 25.2. The summed E-state index contributed by atoms with van der Waals surface area (Å²) in [6.07, 6.45) is 0. The summed E-state index contributed by atoms with van der Waals surface area (Å²) in [6.45, 7) is 23.6. The third kappa shape index (κ3) is 2.42. The van der Waals surface area contributed by atoms with E-state index in [4.69, 9.17) is 0 Å². The van der Waals surface area contributed by atoms with Gasteiger partial charge in [-0.15, -0.1) is 0 Å². The summed E-state index contributed by atoms with van der Waals surface area (Å²) in [6, 6.07) is 0. The minimum Gasteiger partial charge on any atom is -0.343 e.